The largest absolute Gasteiger partial charge is 0.394 e. The van der Waals surface area contributed by atoms with Gasteiger partial charge in [0, 0.05) is 40.1 Å². The summed E-state index contributed by atoms with van der Waals surface area (Å²) in [6.45, 7) is 19.9. The monoisotopic (exact) mass is 703 g/mol. The zero-order valence-electron chi connectivity index (χ0n) is 31.3. The van der Waals surface area contributed by atoms with Crippen molar-refractivity contribution in [1.29, 1.82) is 0 Å². The van der Waals surface area contributed by atoms with Crippen molar-refractivity contribution in [2.75, 3.05) is 127 Å². The van der Waals surface area contributed by atoms with Gasteiger partial charge < -0.3 is 74.0 Å². The molecule has 2 atom stereocenters. The van der Waals surface area contributed by atoms with Gasteiger partial charge in [0.1, 0.15) is 0 Å². The Morgan fingerprint density at radius 2 is 0.809 bits per heavy atom. The van der Waals surface area contributed by atoms with E-state index < -0.39 is 6.10 Å². The van der Waals surface area contributed by atoms with Crippen LogP contribution in [0.4, 0.5) is 0 Å². The maximum atomic E-state index is 8.43. The molecule has 15 nitrogen and oxygen atoms in total. The van der Waals surface area contributed by atoms with Crippen molar-refractivity contribution in [2.45, 2.75) is 86.0 Å². The lowest BCUT2D eigenvalue weighted by atomic mass is 10.4. The van der Waals surface area contributed by atoms with Crippen LogP contribution in [0, 0.1) is 0 Å². The van der Waals surface area contributed by atoms with Gasteiger partial charge in [-0.05, 0) is 47.5 Å². The summed E-state index contributed by atoms with van der Waals surface area (Å²) in [4.78, 5) is 0. The lowest BCUT2D eigenvalue weighted by molar-refractivity contribution is 0.0370. The summed E-state index contributed by atoms with van der Waals surface area (Å²) in [6.07, 6.45) is 2.23. The molecule has 0 rings (SSSR count). The number of hydrogen-bond acceptors (Lipinski definition) is 15. The second kappa shape index (κ2) is 71.4. The molecule has 0 saturated carbocycles. The lowest BCUT2D eigenvalue weighted by Gasteiger charge is -2.00. The molecule has 15 heteroatoms. The highest BCUT2D eigenvalue weighted by atomic mass is 16.5. The summed E-state index contributed by atoms with van der Waals surface area (Å²) in [5.41, 5.74) is 0. The van der Waals surface area contributed by atoms with Gasteiger partial charge in [0.05, 0.1) is 105 Å². The van der Waals surface area contributed by atoms with Crippen LogP contribution in [0.1, 0.15) is 67.7 Å². The number of aliphatic hydroxyl groups excluding tert-OH is 8. The minimum absolute atomic E-state index is 0.0870. The zero-order chi connectivity index (χ0) is 37.8. The molecule has 0 aliphatic carbocycles. The molecule has 0 bridgehead atoms. The molecule has 2 unspecified atom stereocenters. The number of aliphatic hydroxyl groups is 8. The Labute approximate surface area is 286 Å². The van der Waals surface area contributed by atoms with Crippen LogP contribution in [-0.4, -0.2) is 186 Å². The smallest absolute Gasteiger partial charge is 0.0745 e. The maximum Gasteiger partial charge on any atom is 0.0745 e. The predicted octanol–water partition coefficient (Wildman–Crippen LogP) is 0.634. The van der Waals surface area contributed by atoms with Crippen molar-refractivity contribution in [3.8, 4) is 0 Å². The van der Waals surface area contributed by atoms with Crippen LogP contribution in [0.15, 0.2) is 0 Å². The van der Waals surface area contributed by atoms with Crippen LogP contribution in [0.3, 0.4) is 0 Å². The Morgan fingerprint density at radius 1 is 0.447 bits per heavy atom. The number of rotatable bonds is 23. The summed E-state index contributed by atoms with van der Waals surface area (Å²) < 4.78 is 33.8. The summed E-state index contributed by atoms with van der Waals surface area (Å²) in [6, 6.07) is 0. The molecule has 0 saturated heterocycles. The molecule has 0 aliphatic rings. The molecule has 0 aromatic heterocycles. The van der Waals surface area contributed by atoms with Gasteiger partial charge in [-0.2, -0.15) is 0 Å². The molecule has 0 radical (unpaired) electrons. The quantitative estimate of drug-likeness (QED) is 0.0684. The molecule has 0 fully saturated rings. The number of unbranched alkanes of at least 4 members (excludes halogenated alkanes) is 1. The normalized spacial score (nSPS) is 10.9. The first kappa shape index (κ1) is 61.6. The summed E-state index contributed by atoms with van der Waals surface area (Å²) >= 11 is 0. The third-order valence-electron chi connectivity index (χ3n) is 3.61. The number of hydrogen-bond donors (Lipinski definition) is 8. The third-order valence-corrected chi connectivity index (χ3v) is 3.61. The predicted molar refractivity (Wildman–Crippen MR) is 185 cm³/mol. The van der Waals surface area contributed by atoms with E-state index in [9.17, 15) is 0 Å². The topological polar surface area (TPSA) is 226 Å². The summed E-state index contributed by atoms with van der Waals surface area (Å²) in [5, 5.41) is 65.4. The minimum atomic E-state index is -0.560. The van der Waals surface area contributed by atoms with E-state index in [-0.39, 0.29) is 45.2 Å². The van der Waals surface area contributed by atoms with Gasteiger partial charge in [-0.15, -0.1) is 0 Å². The fourth-order valence-electron chi connectivity index (χ4n) is 1.70. The van der Waals surface area contributed by atoms with Gasteiger partial charge in [-0.3, -0.25) is 0 Å². The van der Waals surface area contributed by atoms with E-state index in [0.29, 0.717) is 59.5 Å². The van der Waals surface area contributed by atoms with E-state index in [0.717, 1.165) is 39.1 Å². The molecule has 296 valence electrons. The van der Waals surface area contributed by atoms with E-state index in [1.165, 1.54) is 6.92 Å². The standard InChI is InChI=1S/C6H14O3.C6H14O2.C5H12O3.C5H12O2.C4H10O2.C3H8O2.C3H8O/c1-2-8-5-6-9-4-3-7;1-2-3-5-8-6-4-7;1-7-4-5-8-3-2-6;1-2-4-7-5-3-6;1-4(5)3-6-2;1-3(5)2-4;1-3(2)4/h7H,2-6H2,1H3;7H,2-6H2,1H3;6H,2-5H2,1H3;6H,2-5H2,1H3;4-5H,3H2,1-2H3;3-5H,2H2,1H3;3-4H,1-2H3. The van der Waals surface area contributed by atoms with Gasteiger partial charge in [-0.1, -0.05) is 20.3 Å². The van der Waals surface area contributed by atoms with Crippen LogP contribution in [0.2, 0.25) is 0 Å². The third kappa shape index (κ3) is 144. The highest BCUT2D eigenvalue weighted by molar-refractivity contribution is 4.37. The van der Waals surface area contributed by atoms with Crippen molar-refractivity contribution >= 4 is 0 Å². The van der Waals surface area contributed by atoms with Gasteiger partial charge in [0.15, 0.2) is 0 Å². The maximum absolute atomic E-state index is 8.43. The van der Waals surface area contributed by atoms with Gasteiger partial charge in [-0.25, -0.2) is 0 Å². The second-order valence-electron chi connectivity index (χ2n) is 9.32. The Kier molecular flexibility index (Phi) is 93.6. The first-order valence-corrected chi connectivity index (χ1v) is 16.4. The first-order valence-electron chi connectivity index (χ1n) is 16.4. The van der Waals surface area contributed by atoms with Crippen LogP contribution in [-0.2, 0) is 33.2 Å². The van der Waals surface area contributed by atoms with E-state index in [2.05, 4.69) is 16.4 Å². The highest BCUT2D eigenvalue weighted by Crippen LogP contribution is 1.86. The number of ether oxygens (including phenoxy) is 7. The summed E-state index contributed by atoms with van der Waals surface area (Å²) in [5.74, 6) is 0. The second-order valence-corrected chi connectivity index (χ2v) is 9.32. The SMILES string of the molecule is CC(C)O.CC(O)CO.CCCCOCCO.CCCOCCO.CCOCCOCCO.COCC(C)O.COCCOCCO. The van der Waals surface area contributed by atoms with Crippen molar-refractivity contribution in [3.05, 3.63) is 0 Å². The Bertz CT molecular complexity index is 372. The molecule has 0 aromatic rings. The van der Waals surface area contributed by atoms with Crippen LogP contribution >= 0.6 is 0 Å². The highest BCUT2D eigenvalue weighted by Gasteiger charge is 1.88. The van der Waals surface area contributed by atoms with Gasteiger partial charge in [0.25, 0.3) is 0 Å². The van der Waals surface area contributed by atoms with Crippen molar-refractivity contribution in [1.82, 2.24) is 0 Å². The molecule has 0 heterocycles. The Hall–Kier alpha value is -0.600. The zero-order valence-corrected chi connectivity index (χ0v) is 31.3. The van der Waals surface area contributed by atoms with E-state index >= 15 is 0 Å². The fraction of sp³-hybridized carbons (Fsp3) is 1.00. The van der Waals surface area contributed by atoms with E-state index in [4.69, 9.17) is 64.5 Å². The average Bonchev–Trinajstić information content (AvgIpc) is 3.03. The average molecular weight is 703 g/mol. The first-order chi connectivity index (χ1) is 22.4. The van der Waals surface area contributed by atoms with Crippen LogP contribution < -0.4 is 0 Å². The van der Waals surface area contributed by atoms with Crippen molar-refractivity contribution in [2.24, 2.45) is 0 Å². The van der Waals surface area contributed by atoms with Crippen molar-refractivity contribution < 1.29 is 74.0 Å². The molecule has 47 heavy (non-hydrogen) atoms. The van der Waals surface area contributed by atoms with Crippen molar-refractivity contribution in [3.63, 3.8) is 0 Å². The fourth-order valence-corrected chi connectivity index (χ4v) is 1.70. The van der Waals surface area contributed by atoms with Crippen LogP contribution in [0.5, 0.6) is 0 Å². The summed E-state index contributed by atoms with van der Waals surface area (Å²) in [7, 11) is 3.18. The Balaban J connectivity index is -0.0000000805. The molecular formula is C32H78O15. The van der Waals surface area contributed by atoms with E-state index in [1.807, 2.05) is 13.8 Å². The molecule has 8 N–H and O–H groups in total. The molecule has 0 aromatic carbocycles. The van der Waals surface area contributed by atoms with Crippen LogP contribution in [0.25, 0.3) is 0 Å². The minimum Gasteiger partial charge on any atom is -0.394 e. The molecule has 0 spiro atoms. The molecule has 0 aliphatic heterocycles. The Morgan fingerprint density at radius 3 is 1.06 bits per heavy atom. The van der Waals surface area contributed by atoms with Gasteiger partial charge in [0.2, 0.25) is 0 Å². The molecular weight excluding hydrogens is 624 g/mol. The lowest BCUT2D eigenvalue weighted by Crippen LogP contribution is -2.07. The molecule has 0 amide bonds. The van der Waals surface area contributed by atoms with E-state index in [1.54, 1.807) is 35.0 Å². The number of methoxy groups -OCH3 is 2. The van der Waals surface area contributed by atoms with Gasteiger partial charge >= 0.3 is 0 Å².